The van der Waals surface area contributed by atoms with E-state index in [1.54, 1.807) is 0 Å². The van der Waals surface area contributed by atoms with E-state index < -0.39 is 0 Å². The molecule has 41 heavy (non-hydrogen) atoms. The lowest BCUT2D eigenvalue weighted by Crippen LogP contribution is -2.67. The van der Waals surface area contributed by atoms with Crippen molar-refractivity contribution in [2.75, 3.05) is 7.11 Å². The average Bonchev–Trinajstić information content (AvgIpc) is 3.57. The van der Waals surface area contributed by atoms with Crippen molar-refractivity contribution in [2.24, 2.45) is 62.4 Å². The third-order valence-electron chi connectivity index (χ3n) is 15.6. The summed E-state index contributed by atoms with van der Waals surface area (Å²) in [5, 5.41) is 0. The number of carbonyl (C=O) groups excluding carboxylic acids is 1. The van der Waals surface area contributed by atoms with E-state index in [1.807, 2.05) is 12.1 Å². The summed E-state index contributed by atoms with van der Waals surface area (Å²) in [5.74, 6) is 3.55. The summed E-state index contributed by atoms with van der Waals surface area (Å²) >= 11 is 0. The first-order valence-corrected chi connectivity index (χ1v) is 16.9. The van der Waals surface area contributed by atoms with Gasteiger partial charge in [-0.15, -0.1) is 0 Å². The molecule has 6 aliphatic rings. The molecule has 2 N–H and O–H groups in total. The SMILES string of the molecule is COC(=O)c1ccc(C2=CC[C@]3(C)[C@H]4CC[C@@H]5[C@H]6[C@H](C7(C)CC7)CC[C@]6(N)CC[C@@]5(C)[C@]4(C)CC[C@H]3C2(C)C)cc1. The molecular formula is C38H55NO2. The maximum absolute atomic E-state index is 12.1. The van der Waals surface area contributed by atoms with Crippen molar-refractivity contribution in [1.82, 2.24) is 0 Å². The maximum Gasteiger partial charge on any atom is 0.337 e. The van der Waals surface area contributed by atoms with E-state index in [1.165, 1.54) is 88.9 Å². The van der Waals surface area contributed by atoms with Gasteiger partial charge < -0.3 is 10.5 Å². The molecule has 1 aromatic rings. The molecule has 3 nitrogen and oxygen atoms in total. The first-order valence-electron chi connectivity index (χ1n) is 16.9. The van der Waals surface area contributed by atoms with Crippen molar-refractivity contribution in [3.05, 3.63) is 41.5 Å². The Morgan fingerprint density at radius 2 is 1.49 bits per heavy atom. The number of allylic oxidation sites excluding steroid dienone is 2. The van der Waals surface area contributed by atoms with Gasteiger partial charge in [0.15, 0.2) is 0 Å². The highest BCUT2D eigenvalue weighted by atomic mass is 16.5. The van der Waals surface area contributed by atoms with Crippen LogP contribution in [-0.4, -0.2) is 18.6 Å². The van der Waals surface area contributed by atoms with E-state index in [-0.39, 0.29) is 16.9 Å². The Morgan fingerprint density at radius 3 is 2.15 bits per heavy atom. The normalized spacial score (nSPS) is 47.2. The zero-order valence-corrected chi connectivity index (χ0v) is 26.9. The van der Waals surface area contributed by atoms with Gasteiger partial charge in [0.2, 0.25) is 0 Å². The number of methoxy groups -OCH3 is 1. The van der Waals surface area contributed by atoms with Gasteiger partial charge in [-0.1, -0.05) is 59.8 Å². The molecule has 0 aromatic heterocycles. The molecule has 0 spiro atoms. The number of esters is 1. The lowest BCUT2D eigenvalue weighted by molar-refractivity contribution is -0.219. The monoisotopic (exact) mass is 557 g/mol. The van der Waals surface area contributed by atoms with E-state index in [0.29, 0.717) is 33.1 Å². The molecule has 0 unspecified atom stereocenters. The second-order valence-corrected chi connectivity index (χ2v) is 17.3. The number of ether oxygens (including phenoxy) is 1. The van der Waals surface area contributed by atoms with Gasteiger partial charge in [0.25, 0.3) is 0 Å². The standard InChI is InChI=1S/C38H55NO2/c1-33(2)26(24-8-10-25(11-9-24)32(40)41-7)14-17-35(4)29(33)16-18-37(6)30(35)13-12-28-31-27(34(3)20-21-34)15-19-38(31,39)23-22-36(28,37)5/h8-11,14,27-31H,12-13,15-23,39H2,1-7H3/t27-,28-,29+,30-,31-,35+,36-,37-,38+/m1/s1. The van der Waals surface area contributed by atoms with Gasteiger partial charge in [-0.25, -0.2) is 4.79 Å². The molecule has 0 aliphatic heterocycles. The third kappa shape index (κ3) is 3.63. The number of hydrogen-bond acceptors (Lipinski definition) is 3. The first kappa shape index (κ1) is 28.2. The van der Waals surface area contributed by atoms with Gasteiger partial charge in [0.1, 0.15) is 0 Å². The van der Waals surface area contributed by atoms with E-state index in [4.69, 9.17) is 10.5 Å². The van der Waals surface area contributed by atoms with Crippen LogP contribution in [0, 0.1) is 56.7 Å². The van der Waals surface area contributed by atoms with Crippen LogP contribution in [0.1, 0.15) is 128 Å². The highest BCUT2D eigenvalue weighted by molar-refractivity contribution is 5.89. The van der Waals surface area contributed by atoms with Crippen LogP contribution in [0.4, 0.5) is 0 Å². The number of rotatable bonds is 3. The zero-order chi connectivity index (χ0) is 29.2. The van der Waals surface area contributed by atoms with Crippen LogP contribution in [0.15, 0.2) is 30.3 Å². The van der Waals surface area contributed by atoms with E-state index in [9.17, 15) is 4.79 Å². The van der Waals surface area contributed by atoms with Crippen LogP contribution in [0.2, 0.25) is 0 Å². The van der Waals surface area contributed by atoms with Crippen molar-refractivity contribution in [1.29, 1.82) is 0 Å². The molecule has 5 fully saturated rings. The van der Waals surface area contributed by atoms with Gasteiger partial charge >= 0.3 is 5.97 Å². The van der Waals surface area contributed by atoms with Crippen molar-refractivity contribution < 1.29 is 9.53 Å². The van der Waals surface area contributed by atoms with Gasteiger partial charge in [-0.3, -0.25) is 0 Å². The number of nitrogens with two attached hydrogens (primary N) is 1. The van der Waals surface area contributed by atoms with Crippen LogP contribution < -0.4 is 5.73 Å². The largest absolute Gasteiger partial charge is 0.465 e. The number of carbonyl (C=O) groups is 1. The van der Waals surface area contributed by atoms with Crippen molar-refractivity contribution >= 4 is 11.5 Å². The molecule has 3 heteroatoms. The fourth-order valence-electron chi connectivity index (χ4n) is 13.0. The lowest BCUT2D eigenvalue weighted by atomic mass is 9.33. The molecule has 0 amide bonds. The summed E-state index contributed by atoms with van der Waals surface area (Å²) in [5.41, 5.74) is 12.6. The number of hydrogen-bond donors (Lipinski definition) is 1. The van der Waals surface area contributed by atoms with Gasteiger partial charge in [0, 0.05) is 5.54 Å². The summed E-state index contributed by atoms with van der Waals surface area (Å²) in [7, 11) is 1.45. The van der Waals surface area contributed by atoms with Crippen molar-refractivity contribution in [2.45, 2.75) is 118 Å². The van der Waals surface area contributed by atoms with Crippen LogP contribution in [0.25, 0.3) is 5.57 Å². The van der Waals surface area contributed by atoms with E-state index in [0.717, 1.165) is 23.7 Å². The molecule has 0 saturated heterocycles. The minimum atomic E-state index is -0.263. The van der Waals surface area contributed by atoms with Crippen molar-refractivity contribution in [3.63, 3.8) is 0 Å². The quantitative estimate of drug-likeness (QED) is 0.377. The molecule has 224 valence electrons. The summed E-state index contributed by atoms with van der Waals surface area (Å²) in [6.07, 6.45) is 17.3. The Hall–Kier alpha value is -1.61. The van der Waals surface area contributed by atoms with Crippen LogP contribution in [0.5, 0.6) is 0 Å². The van der Waals surface area contributed by atoms with Gasteiger partial charge in [-0.2, -0.15) is 0 Å². The minimum absolute atomic E-state index is 0.0922. The minimum Gasteiger partial charge on any atom is -0.465 e. The van der Waals surface area contributed by atoms with Crippen molar-refractivity contribution in [3.8, 4) is 0 Å². The molecule has 0 radical (unpaired) electrons. The summed E-state index contributed by atoms with van der Waals surface area (Å²) in [4.78, 5) is 12.1. The first-order chi connectivity index (χ1) is 19.2. The second-order valence-electron chi connectivity index (χ2n) is 17.3. The fraction of sp³-hybridized carbons (Fsp3) is 0.763. The van der Waals surface area contributed by atoms with E-state index in [2.05, 4.69) is 59.8 Å². The summed E-state index contributed by atoms with van der Waals surface area (Å²) in [6.45, 7) is 15.8. The summed E-state index contributed by atoms with van der Waals surface area (Å²) < 4.78 is 4.95. The predicted octanol–water partition coefficient (Wildman–Crippen LogP) is 9.06. The Balaban J connectivity index is 1.22. The Kier molecular flexibility index (Phi) is 6.00. The topological polar surface area (TPSA) is 52.3 Å². The van der Waals surface area contributed by atoms with E-state index >= 15 is 0 Å². The van der Waals surface area contributed by atoms with Crippen LogP contribution >= 0.6 is 0 Å². The maximum atomic E-state index is 12.1. The average molecular weight is 558 g/mol. The Labute approximate surface area is 249 Å². The Bertz CT molecular complexity index is 1270. The summed E-state index contributed by atoms with van der Waals surface area (Å²) in [6, 6.07) is 8.15. The molecule has 9 atom stereocenters. The zero-order valence-electron chi connectivity index (χ0n) is 26.9. The molecule has 6 aliphatic carbocycles. The molecule has 5 saturated carbocycles. The lowest BCUT2D eigenvalue weighted by Gasteiger charge is -2.72. The molecule has 0 bridgehead atoms. The molecule has 0 heterocycles. The van der Waals surface area contributed by atoms with Crippen LogP contribution in [0.3, 0.4) is 0 Å². The third-order valence-corrected chi connectivity index (χ3v) is 15.6. The van der Waals surface area contributed by atoms with Crippen LogP contribution in [-0.2, 0) is 4.74 Å². The molecule has 1 aromatic carbocycles. The number of benzene rings is 1. The molecule has 7 rings (SSSR count). The van der Waals surface area contributed by atoms with Gasteiger partial charge in [-0.05, 0) is 151 Å². The molecular weight excluding hydrogens is 502 g/mol. The smallest absolute Gasteiger partial charge is 0.337 e. The highest BCUT2D eigenvalue weighted by Crippen LogP contribution is 2.77. The predicted molar refractivity (Wildman–Crippen MR) is 167 cm³/mol. The van der Waals surface area contributed by atoms with Gasteiger partial charge in [0.05, 0.1) is 12.7 Å². The Morgan fingerprint density at radius 1 is 0.780 bits per heavy atom. The fourth-order valence-corrected chi connectivity index (χ4v) is 13.0. The second kappa shape index (κ2) is 8.73. The number of fused-ring (bicyclic) bond motifs is 7. The highest BCUT2D eigenvalue weighted by Gasteiger charge is 2.71.